The Balaban J connectivity index is 0.00000280. The lowest BCUT2D eigenvalue weighted by Gasteiger charge is -2.18. The summed E-state index contributed by atoms with van der Waals surface area (Å²) in [5.74, 6) is 4.22. The molecule has 1 atom stereocenters. The number of aliphatic imine (C=N–C) groups is 1. The Morgan fingerprint density at radius 3 is 2.64 bits per heavy atom. The van der Waals surface area contributed by atoms with Gasteiger partial charge in [0.05, 0.1) is 19.2 Å². The number of halogens is 1. The molecule has 2 aromatic rings. The fraction of sp³-hybridized carbons (Fsp3) is 0.550. The number of fused-ring (bicyclic) bond motifs is 1. The van der Waals surface area contributed by atoms with Gasteiger partial charge in [0, 0.05) is 20.0 Å². The third-order valence-corrected chi connectivity index (χ3v) is 4.64. The Labute approximate surface area is 184 Å². The smallest absolute Gasteiger partial charge is 0.191 e. The highest BCUT2D eigenvalue weighted by molar-refractivity contribution is 14.0. The van der Waals surface area contributed by atoms with E-state index in [-0.39, 0.29) is 30.0 Å². The maximum atomic E-state index is 5.75. The average molecular weight is 498 g/mol. The van der Waals surface area contributed by atoms with Crippen molar-refractivity contribution < 1.29 is 4.74 Å². The summed E-state index contributed by atoms with van der Waals surface area (Å²) >= 11 is 0. The lowest BCUT2D eigenvalue weighted by molar-refractivity contribution is 0.271. The highest BCUT2D eigenvalue weighted by Gasteiger charge is 2.17. The second kappa shape index (κ2) is 10.6. The van der Waals surface area contributed by atoms with E-state index < -0.39 is 0 Å². The SMILES string of the molecule is CN=C(NCc1nnc2n1CCC2)NC(C)c1ccc(OCC(C)C)cc1.I. The molecule has 0 bridgehead atoms. The molecule has 1 aromatic heterocycles. The summed E-state index contributed by atoms with van der Waals surface area (Å²) in [6, 6.07) is 8.34. The predicted molar refractivity (Wildman–Crippen MR) is 122 cm³/mol. The molecule has 0 aliphatic carbocycles. The van der Waals surface area contributed by atoms with Crippen molar-refractivity contribution in [1.29, 1.82) is 0 Å². The fourth-order valence-electron chi connectivity index (χ4n) is 3.10. The minimum atomic E-state index is 0. The fourth-order valence-corrected chi connectivity index (χ4v) is 3.10. The van der Waals surface area contributed by atoms with Crippen molar-refractivity contribution in [2.45, 2.75) is 52.7 Å². The van der Waals surface area contributed by atoms with E-state index in [9.17, 15) is 0 Å². The quantitative estimate of drug-likeness (QED) is 0.348. The summed E-state index contributed by atoms with van der Waals surface area (Å²) in [5, 5.41) is 15.3. The second-order valence-electron chi connectivity index (χ2n) is 7.35. The van der Waals surface area contributed by atoms with E-state index >= 15 is 0 Å². The van der Waals surface area contributed by atoms with Gasteiger partial charge in [0.2, 0.25) is 0 Å². The molecule has 1 aliphatic rings. The molecule has 7 nitrogen and oxygen atoms in total. The van der Waals surface area contributed by atoms with Crippen LogP contribution in [-0.2, 0) is 19.5 Å². The predicted octanol–water partition coefficient (Wildman–Crippen LogP) is 3.30. The topological polar surface area (TPSA) is 76.4 Å². The van der Waals surface area contributed by atoms with Crippen LogP contribution in [0.3, 0.4) is 0 Å². The molecule has 0 radical (unpaired) electrons. The van der Waals surface area contributed by atoms with Crippen molar-refractivity contribution in [2.24, 2.45) is 10.9 Å². The van der Waals surface area contributed by atoms with Crippen LogP contribution < -0.4 is 15.4 Å². The van der Waals surface area contributed by atoms with E-state index in [1.54, 1.807) is 7.05 Å². The molecule has 2 heterocycles. The van der Waals surface area contributed by atoms with Gasteiger partial charge in [-0.25, -0.2) is 0 Å². The normalized spacial score (nSPS) is 14.4. The van der Waals surface area contributed by atoms with Crippen LogP contribution in [0.5, 0.6) is 5.75 Å². The lowest BCUT2D eigenvalue weighted by Crippen LogP contribution is -2.38. The van der Waals surface area contributed by atoms with Gasteiger partial charge in [-0.1, -0.05) is 26.0 Å². The van der Waals surface area contributed by atoms with Gasteiger partial charge in [0.15, 0.2) is 11.8 Å². The molecule has 1 aromatic carbocycles. The van der Waals surface area contributed by atoms with Crippen molar-refractivity contribution in [3.63, 3.8) is 0 Å². The van der Waals surface area contributed by atoms with Gasteiger partial charge in [-0.15, -0.1) is 34.2 Å². The highest BCUT2D eigenvalue weighted by atomic mass is 127. The van der Waals surface area contributed by atoms with Crippen molar-refractivity contribution in [3.05, 3.63) is 41.5 Å². The third kappa shape index (κ3) is 5.83. The minimum Gasteiger partial charge on any atom is -0.493 e. The summed E-state index contributed by atoms with van der Waals surface area (Å²) in [6.45, 7) is 8.76. The third-order valence-electron chi connectivity index (χ3n) is 4.64. The molecule has 28 heavy (non-hydrogen) atoms. The summed E-state index contributed by atoms with van der Waals surface area (Å²) in [6.07, 6.45) is 2.17. The average Bonchev–Trinajstić information content (AvgIpc) is 3.28. The molecule has 1 unspecified atom stereocenters. The lowest BCUT2D eigenvalue weighted by atomic mass is 10.1. The molecule has 0 amide bonds. The van der Waals surface area contributed by atoms with Crippen LogP contribution in [0.2, 0.25) is 0 Å². The van der Waals surface area contributed by atoms with Gasteiger partial charge >= 0.3 is 0 Å². The summed E-state index contributed by atoms with van der Waals surface area (Å²) < 4.78 is 7.94. The number of ether oxygens (including phenoxy) is 1. The number of rotatable bonds is 7. The molecule has 0 saturated carbocycles. The van der Waals surface area contributed by atoms with Crippen LogP contribution in [-0.4, -0.2) is 34.4 Å². The standard InChI is InChI=1S/C20H30N6O.HI/c1-14(2)13-27-17-9-7-16(8-10-17)15(3)23-20(21-4)22-12-19-25-24-18-6-5-11-26(18)19;/h7-10,14-15H,5-6,11-13H2,1-4H3,(H2,21,22,23);1H. The van der Waals surface area contributed by atoms with Crippen LogP contribution in [0.1, 0.15) is 50.4 Å². The number of aryl methyl sites for hydroxylation is 1. The molecular weight excluding hydrogens is 467 g/mol. The molecule has 8 heteroatoms. The first-order valence-corrected chi connectivity index (χ1v) is 9.67. The Hall–Kier alpha value is -1.84. The van der Waals surface area contributed by atoms with Crippen LogP contribution in [0.4, 0.5) is 0 Å². The summed E-state index contributed by atoms with van der Waals surface area (Å²) in [4.78, 5) is 4.33. The van der Waals surface area contributed by atoms with Crippen LogP contribution in [0, 0.1) is 5.92 Å². The number of hydrogen-bond acceptors (Lipinski definition) is 4. The molecule has 3 rings (SSSR count). The number of benzene rings is 1. The first-order valence-electron chi connectivity index (χ1n) is 9.67. The van der Waals surface area contributed by atoms with Gasteiger partial charge in [-0.2, -0.15) is 0 Å². The van der Waals surface area contributed by atoms with Crippen LogP contribution in [0.15, 0.2) is 29.3 Å². The summed E-state index contributed by atoms with van der Waals surface area (Å²) in [5.41, 5.74) is 1.18. The number of nitrogens with one attached hydrogen (secondary N) is 2. The van der Waals surface area contributed by atoms with Gasteiger partial charge in [0.25, 0.3) is 0 Å². The van der Waals surface area contributed by atoms with Gasteiger partial charge in [-0.05, 0) is 37.0 Å². The Morgan fingerprint density at radius 2 is 1.96 bits per heavy atom. The summed E-state index contributed by atoms with van der Waals surface area (Å²) in [7, 11) is 1.78. The molecule has 1 aliphatic heterocycles. The van der Waals surface area contributed by atoms with E-state index in [4.69, 9.17) is 4.74 Å². The highest BCUT2D eigenvalue weighted by Crippen LogP contribution is 2.18. The molecule has 2 N–H and O–H groups in total. The number of guanidine groups is 1. The van der Waals surface area contributed by atoms with E-state index in [1.165, 1.54) is 5.56 Å². The maximum Gasteiger partial charge on any atom is 0.191 e. The Bertz CT molecular complexity index is 772. The minimum absolute atomic E-state index is 0. The molecular formula is C20H31IN6O. The van der Waals surface area contributed by atoms with Crippen LogP contribution in [0.25, 0.3) is 0 Å². The van der Waals surface area contributed by atoms with E-state index in [0.29, 0.717) is 12.5 Å². The molecule has 154 valence electrons. The zero-order valence-electron chi connectivity index (χ0n) is 17.1. The molecule has 0 saturated heterocycles. The van der Waals surface area contributed by atoms with Gasteiger partial charge < -0.3 is 19.9 Å². The largest absolute Gasteiger partial charge is 0.493 e. The zero-order chi connectivity index (χ0) is 19.2. The van der Waals surface area contributed by atoms with Crippen molar-refractivity contribution in [1.82, 2.24) is 25.4 Å². The van der Waals surface area contributed by atoms with E-state index in [2.05, 4.69) is 63.3 Å². The van der Waals surface area contributed by atoms with E-state index in [0.717, 1.165) is 49.4 Å². The Kier molecular flexibility index (Phi) is 8.53. The second-order valence-corrected chi connectivity index (χ2v) is 7.35. The first-order chi connectivity index (χ1) is 13.1. The van der Waals surface area contributed by atoms with Gasteiger partial charge in [-0.3, -0.25) is 4.99 Å². The van der Waals surface area contributed by atoms with Gasteiger partial charge in [0.1, 0.15) is 11.6 Å². The van der Waals surface area contributed by atoms with Crippen molar-refractivity contribution in [2.75, 3.05) is 13.7 Å². The molecule has 0 spiro atoms. The molecule has 0 fully saturated rings. The zero-order valence-corrected chi connectivity index (χ0v) is 19.4. The Morgan fingerprint density at radius 1 is 1.21 bits per heavy atom. The number of aromatic nitrogens is 3. The van der Waals surface area contributed by atoms with Crippen LogP contribution >= 0.6 is 24.0 Å². The van der Waals surface area contributed by atoms with Crippen molar-refractivity contribution >= 4 is 29.9 Å². The van der Waals surface area contributed by atoms with Crippen molar-refractivity contribution in [3.8, 4) is 5.75 Å². The maximum absolute atomic E-state index is 5.75. The first kappa shape index (κ1) is 22.4. The van der Waals surface area contributed by atoms with E-state index in [1.807, 2.05) is 12.1 Å². The number of hydrogen-bond donors (Lipinski definition) is 2. The number of nitrogens with zero attached hydrogens (tertiary/aromatic N) is 4. The monoisotopic (exact) mass is 498 g/mol.